The molecule has 0 aliphatic heterocycles. The highest BCUT2D eigenvalue weighted by Crippen LogP contribution is 2.27. The van der Waals surface area contributed by atoms with Crippen LogP contribution in [0.2, 0.25) is 5.02 Å². The average molecular weight is 419 g/mol. The van der Waals surface area contributed by atoms with E-state index >= 15 is 0 Å². The van der Waals surface area contributed by atoms with Gasteiger partial charge in [0.1, 0.15) is 17.1 Å². The van der Waals surface area contributed by atoms with Crippen LogP contribution in [-0.4, -0.2) is 20.4 Å². The number of nitro groups is 1. The highest BCUT2D eigenvalue weighted by molar-refractivity contribution is 6.31. The van der Waals surface area contributed by atoms with E-state index in [4.69, 9.17) is 11.6 Å². The molecule has 1 heterocycles. The highest BCUT2D eigenvalue weighted by atomic mass is 35.5. The number of anilines is 1. The minimum Gasteiger partial charge on any atom is -0.316 e. The molecule has 0 radical (unpaired) electrons. The van der Waals surface area contributed by atoms with E-state index in [0.717, 1.165) is 18.3 Å². The van der Waals surface area contributed by atoms with E-state index in [-0.39, 0.29) is 16.3 Å². The van der Waals surface area contributed by atoms with Gasteiger partial charge in [-0.15, -0.1) is 0 Å². The fourth-order valence-corrected chi connectivity index (χ4v) is 2.74. The Balaban J connectivity index is 1.98. The van der Waals surface area contributed by atoms with Crippen LogP contribution in [0.15, 0.2) is 58.3 Å². The lowest BCUT2D eigenvalue weighted by molar-refractivity contribution is -0.383. The highest BCUT2D eigenvalue weighted by Gasteiger charge is 2.20. The van der Waals surface area contributed by atoms with Crippen LogP contribution in [0.25, 0.3) is 0 Å². The first kappa shape index (κ1) is 20.0. The van der Waals surface area contributed by atoms with E-state index < -0.39 is 45.7 Å². The second-order valence-electron chi connectivity index (χ2n) is 5.86. The third-order valence-corrected chi connectivity index (χ3v) is 4.23. The number of nitrogens with one attached hydrogen (secondary N) is 2. The van der Waals surface area contributed by atoms with Gasteiger partial charge in [-0.3, -0.25) is 24.3 Å². The molecular weight excluding hydrogens is 407 g/mol. The number of amides is 1. The Morgan fingerprint density at radius 2 is 1.97 bits per heavy atom. The van der Waals surface area contributed by atoms with Crippen molar-refractivity contribution in [2.24, 2.45) is 0 Å². The first-order chi connectivity index (χ1) is 13.8. The van der Waals surface area contributed by atoms with Crippen molar-refractivity contribution in [2.75, 3.05) is 5.32 Å². The van der Waals surface area contributed by atoms with Gasteiger partial charge in [0.2, 0.25) is 0 Å². The first-order valence-electron chi connectivity index (χ1n) is 8.09. The molecule has 0 unspecified atom stereocenters. The zero-order chi connectivity index (χ0) is 21.1. The van der Waals surface area contributed by atoms with Gasteiger partial charge in [-0.05, 0) is 18.2 Å². The topological polar surface area (TPSA) is 127 Å². The number of nitro benzene ring substituents is 1. The minimum absolute atomic E-state index is 0.0723. The molecule has 3 aromatic rings. The summed E-state index contributed by atoms with van der Waals surface area (Å²) in [5.41, 5.74) is -2.90. The van der Waals surface area contributed by atoms with Crippen LogP contribution < -0.4 is 16.6 Å². The van der Waals surface area contributed by atoms with E-state index in [0.29, 0.717) is 4.57 Å². The van der Waals surface area contributed by atoms with Gasteiger partial charge < -0.3 is 10.3 Å². The van der Waals surface area contributed by atoms with E-state index in [9.17, 15) is 28.9 Å². The first-order valence-corrected chi connectivity index (χ1v) is 8.47. The number of aromatic nitrogens is 2. The Kier molecular flexibility index (Phi) is 5.55. The van der Waals surface area contributed by atoms with Crippen molar-refractivity contribution < 1.29 is 14.1 Å². The van der Waals surface area contributed by atoms with Gasteiger partial charge in [0.25, 0.3) is 17.2 Å². The largest absolute Gasteiger partial charge is 0.328 e. The number of rotatable bonds is 5. The van der Waals surface area contributed by atoms with Crippen molar-refractivity contribution >= 4 is 28.9 Å². The van der Waals surface area contributed by atoms with Gasteiger partial charge in [-0.1, -0.05) is 29.8 Å². The van der Waals surface area contributed by atoms with E-state index in [1.165, 1.54) is 30.3 Å². The molecule has 11 heteroatoms. The van der Waals surface area contributed by atoms with Crippen LogP contribution in [0.1, 0.15) is 15.9 Å². The molecule has 0 saturated heterocycles. The molecule has 148 valence electrons. The number of carbonyl (C=O) groups is 1. The molecule has 0 aliphatic carbocycles. The predicted octanol–water partition coefficient (Wildman–Crippen LogP) is 2.54. The average Bonchev–Trinajstić information content (AvgIpc) is 2.66. The molecule has 1 aromatic heterocycles. The molecule has 2 N–H and O–H groups in total. The number of carbonyl (C=O) groups excluding carboxylic acids is 1. The molecule has 3 rings (SSSR count). The third-order valence-electron chi connectivity index (χ3n) is 4.00. The Hall–Kier alpha value is -3.79. The lowest BCUT2D eigenvalue weighted by atomic mass is 10.2. The van der Waals surface area contributed by atoms with Crippen molar-refractivity contribution in [3.8, 4) is 0 Å². The maximum atomic E-state index is 13.9. The summed E-state index contributed by atoms with van der Waals surface area (Å²) in [6, 6.07) is 9.08. The summed E-state index contributed by atoms with van der Waals surface area (Å²) in [5, 5.41) is 13.5. The fraction of sp³-hybridized carbons (Fsp3) is 0.0556. The van der Waals surface area contributed by atoms with Crippen LogP contribution in [-0.2, 0) is 6.54 Å². The van der Waals surface area contributed by atoms with Crippen molar-refractivity contribution in [2.45, 2.75) is 6.54 Å². The van der Waals surface area contributed by atoms with Crippen LogP contribution in [0.5, 0.6) is 0 Å². The summed E-state index contributed by atoms with van der Waals surface area (Å²) in [6.07, 6.45) is 0.883. The van der Waals surface area contributed by atoms with Crippen molar-refractivity contribution in [1.82, 2.24) is 9.55 Å². The fourth-order valence-electron chi connectivity index (χ4n) is 2.57. The Bertz CT molecular complexity index is 1240. The zero-order valence-corrected chi connectivity index (χ0v) is 15.3. The van der Waals surface area contributed by atoms with Gasteiger partial charge in [0.15, 0.2) is 0 Å². The van der Waals surface area contributed by atoms with Gasteiger partial charge in [0, 0.05) is 22.8 Å². The molecule has 29 heavy (non-hydrogen) atoms. The van der Waals surface area contributed by atoms with Crippen LogP contribution in [0, 0.1) is 15.9 Å². The molecule has 2 aromatic carbocycles. The van der Waals surface area contributed by atoms with Crippen LogP contribution in [0.4, 0.5) is 15.8 Å². The van der Waals surface area contributed by atoms with Crippen LogP contribution in [0.3, 0.4) is 0 Å². The quantitative estimate of drug-likeness (QED) is 0.486. The van der Waals surface area contributed by atoms with Crippen molar-refractivity contribution in [3.05, 3.63) is 102 Å². The van der Waals surface area contributed by atoms with Gasteiger partial charge in [-0.2, -0.15) is 0 Å². The van der Waals surface area contributed by atoms with Gasteiger partial charge in [0.05, 0.1) is 11.5 Å². The number of nitrogens with zero attached hydrogens (tertiary/aromatic N) is 2. The van der Waals surface area contributed by atoms with Crippen LogP contribution >= 0.6 is 11.6 Å². The summed E-state index contributed by atoms with van der Waals surface area (Å²) in [6.45, 7) is -0.403. The summed E-state index contributed by atoms with van der Waals surface area (Å²) in [4.78, 5) is 49.8. The molecule has 0 fully saturated rings. The standard InChI is InChI=1S/C18H12ClFN4O5/c19-11-5-6-15(24(28)29)14(7-11)22-16(25)12-8-21-18(27)23(17(12)26)9-10-3-1-2-4-13(10)20/h1-8H,9H2,(H,21,27)(H,22,25). The number of H-pyrrole nitrogens is 1. The SMILES string of the molecule is O=C(Nc1cc(Cl)ccc1[N+](=O)[O-])c1c[nH]c(=O)n(Cc2ccccc2F)c1=O. The molecule has 0 spiro atoms. The lowest BCUT2D eigenvalue weighted by Gasteiger charge is -2.09. The van der Waals surface area contributed by atoms with E-state index in [1.54, 1.807) is 0 Å². The van der Waals surface area contributed by atoms with E-state index in [2.05, 4.69) is 10.3 Å². The Morgan fingerprint density at radius 1 is 1.24 bits per heavy atom. The Labute approximate surface area is 166 Å². The van der Waals surface area contributed by atoms with Crippen molar-refractivity contribution in [3.63, 3.8) is 0 Å². The lowest BCUT2D eigenvalue weighted by Crippen LogP contribution is -2.39. The number of aromatic amines is 1. The summed E-state index contributed by atoms with van der Waals surface area (Å²) in [5.74, 6) is -1.62. The van der Waals surface area contributed by atoms with Gasteiger partial charge >= 0.3 is 5.69 Å². The molecular formula is C18H12ClFN4O5. The number of hydrogen-bond acceptors (Lipinski definition) is 5. The molecule has 0 bridgehead atoms. The molecule has 0 atom stereocenters. The number of halogens is 2. The minimum atomic E-state index is -1.00. The van der Waals surface area contributed by atoms with Crippen molar-refractivity contribution in [1.29, 1.82) is 0 Å². The summed E-state index contributed by atoms with van der Waals surface area (Å²) < 4.78 is 14.5. The normalized spacial score (nSPS) is 10.6. The van der Waals surface area contributed by atoms with Gasteiger partial charge in [-0.25, -0.2) is 9.18 Å². The monoisotopic (exact) mass is 418 g/mol. The number of hydrogen-bond donors (Lipinski definition) is 2. The maximum Gasteiger partial charge on any atom is 0.328 e. The smallest absolute Gasteiger partial charge is 0.316 e. The second kappa shape index (κ2) is 8.07. The second-order valence-corrected chi connectivity index (χ2v) is 6.30. The number of benzene rings is 2. The predicted molar refractivity (Wildman–Crippen MR) is 103 cm³/mol. The summed E-state index contributed by atoms with van der Waals surface area (Å²) in [7, 11) is 0. The molecule has 0 saturated carbocycles. The maximum absolute atomic E-state index is 13.9. The Morgan fingerprint density at radius 3 is 2.66 bits per heavy atom. The molecule has 0 aliphatic rings. The zero-order valence-electron chi connectivity index (χ0n) is 14.5. The molecule has 1 amide bonds. The summed E-state index contributed by atoms with van der Waals surface area (Å²) >= 11 is 5.81. The third kappa shape index (κ3) is 4.22. The molecule has 9 nitrogen and oxygen atoms in total. The van der Waals surface area contributed by atoms with E-state index in [1.807, 2.05) is 0 Å².